The second kappa shape index (κ2) is 8.63. The van der Waals surface area contributed by atoms with Crippen LogP contribution in [0.2, 0.25) is 5.02 Å². The molecule has 10 heteroatoms. The summed E-state index contributed by atoms with van der Waals surface area (Å²) in [5.41, 5.74) is -1.04. The lowest BCUT2D eigenvalue weighted by atomic mass is 10.0. The van der Waals surface area contributed by atoms with Crippen molar-refractivity contribution in [3.8, 4) is 17.6 Å². The monoisotopic (exact) mass is 461 g/mol. The Balaban J connectivity index is 1.71. The number of nitriles is 1. The number of hydrogen-bond donors (Lipinski definition) is 2. The fourth-order valence-corrected chi connectivity index (χ4v) is 3.60. The van der Waals surface area contributed by atoms with Gasteiger partial charge in [-0.1, -0.05) is 17.7 Å². The molecule has 2 heterocycles. The Labute approximate surface area is 187 Å². The van der Waals surface area contributed by atoms with E-state index in [1.165, 1.54) is 0 Å². The third-order valence-corrected chi connectivity index (χ3v) is 5.56. The number of nitrogens with one attached hydrogen (secondary N) is 2. The molecule has 32 heavy (non-hydrogen) atoms. The first-order valence-corrected chi connectivity index (χ1v) is 10.3. The van der Waals surface area contributed by atoms with E-state index >= 15 is 0 Å². The molecule has 0 saturated heterocycles. The minimum absolute atomic E-state index is 0.00773. The van der Waals surface area contributed by atoms with Crippen molar-refractivity contribution in [3.05, 3.63) is 58.1 Å². The standard InChI is InChI=1S/C22H18ClF2N3O4/c23-13-9-12-1-3-16(13)31-7-8-32-17-4-2-14(24)19(25)18(17)21(30)27-15(10-12)20(29)28-22(11-26)5-6-22/h1-4,9,15H,5-8,10H2,(H,27,30)(H,28,29). The van der Waals surface area contributed by atoms with Crippen molar-refractivity contribution < 1.29 is 27.8 Å². The van der Waals surface area contributed by atoms with Gasteiger partial charge in [-0.2, -0.15) is 5.26 Å². The highest BCUT2D eigenvalue weighted by Crippen LogP contribution is 2.34. The predicted octanol–water partition coefficient (Wildman–Crippen LogP) is 2.90. The van der Waals surface area contributed by atoms with Crippen LogP contribution in [0.3, 0.4) is 0 Å². The Bertz CT molecular complexity index is 1130. The average Bonchev–Trinajstić information content (AvgIpc) is 3.53. The zero-order chi connectivity index (χ0) is 22.9. The van der Waals surface area contributed by atoms with Gasteiger partial charge >= 0.3 is 0 Å². The molecule has 2 aliphatic heterocycles. The maximum Gasteiger partial charge on any atom is 0.258 e. The summed E-state index contributed by atoms with van der Waals surface area (Å²) in [7, 11) is 0. The van der Waals surface area contributed by atoms with Crippen molar-refractivity contribution in [3.63, 3.8) is 0 Å². The smallest absolute Gasteiger partial charge is 0.258 e. The van der Waals surface area contributed by atoms with Crippen LogP contribution in [-0.2, 0) is 11.2 Å². The molecule has 3 aliphatic rings. The highest BCUT2D eigenvalue weighted by molar-refractivity contribution is 6.32. The Hall–Kier alpha value is -3.38. The molecule has 1 saturated carbocycles. The summed E-state index contributed by atoms with van der Waals surface area (Å²) in [4.78, 5) is 25.9. The van der Waals surface area contributed by atoms with Crippen LogP contribution >= 0.6 is 11.6 Å². The summed E-state index contributed by atoms with van der Waals surface area (Å²) < 4.78 is 39.4. The van der Waals surface area contributed by atoms with E-state index < -0.39 is 40.6 Å². The average molecular weight is 462 g/mol. The highest BCUT2D eigenvalue weighted by Gasteiger charge is 2.45. The molecule has 1 fully saturated rings. The molecule has 2 aromatic rings. The normalized spacial score (nSPS) is 19.3. The highest BCUT2D eigenvalue weighted by atomic mass is 35.5. The third kappa shape index (κ3) is 4.46. The quantitative estimate of drug-likeness (QED) is 0.716. The SMILES string of the molecule is N#CC1(NC(=O)C2Cc3ccc(c(Cl)c3)OCCOc3ccc(F)c(F)c3C(=O)N2)CC1. The number of ether oxygens (including phenoxy) is 2. The molecule has 166 valence electrons. The van der Waals surface area contributed by atoms with E-state index in [-0.39, 0.29) is 25.4 Å². The van der Waals surface area contributed by atoms with Gasteiger partial charge in [-0.3, -0.25) is 9.59 Å². The summed E-state index contributed by atoms with van der Waals surface area (Å²) in [6, 6.07) is 7.71. The number of amides is 2. The van der Waals surface area contributed by atoms with Crippen molar-refractivity contribution in [1.29, 1.82) is 5.26 Å². The van der Waals surface area contributed by atoms with E-state index in [0.717, 1.165) is 12.1 Å². The molecule has 0 radical (unpaired) electrons. The van der Waals surface area contributed by atoms with Crippen LogP contribution in [0.15, 0.2) is 30.3 Å². The first-order valence-electron chi connectivity index (χ1n) is 9.88. The molecule has 2 bridgehead atoms. The van der Waals surface area contributed by atoms with E-state index in [1.807, 2.05) is 6.07 Å². The van der Waals surface area contributed by atoms with E-state index in [2.05, 4.69) is 10.6 Å². The molecule has 0 spiro atoms. The summed E-state index contributed by atoms with van der Waals surface area (Å²) >= 11 is 6.26. The Morgan fingerprint density at radius 1 is 1.19 bits per heavy atom. The second-order valence-corrected chi connectivity index (χ2v) is 8.02. The van der Waals surface area contributed by atoms with Crippen LogP contribution in [0.5, 0.6) is 11.5 Å². The number of rotatable bonds is 2. The summed E-state index contributed by atoms with van der Waals surface area (Å²) in [5.74, 6) is -4.09. The maximum absolute atomic E-state index is 14.5. The summed E-state index contributed by atoms with van der Waals surface area (Å²) in [6.45, 7) is -0.0293. The number of nitrogens with zero attached hydrogens (tertiary/aromatic N) is 1. The van der Waals surface area contributed by atoms with Crippen molar-refractivity contribution in [2.75, 3.05) is 13.2 Å². The lowest BCUT2D eigenvalue weighted by Crippen LogP contribution is -2.51. The molecular weight excluding hydrogens is 444 g/mol. The van der Waals surface area contributed by atoms with E-state index in [1.54, 1.807) is 18.2 Å². The largest absolute Gasteiger partial charge is 0.489 e. The van der Waals surface area contributed by atoms with Gasteiger partial charge in [-0.25, -0.2) is 8.78 Å². The lowest BCUT2D eigenvalue weighted by Gasteiger charge is -2.22. The Kier molecular flexibility index (Phi) is 5.89. The molecule has 1 unspecified atom stereocenters. The molecule has 2 amide bonds. The van der Waals surface area contributed by atoms with Gasteiger partial charge in [0.2, 0.25) is 5.91 Å². The molecule has 2 aromatic carbocycles. The van der Waals surface area contributed by atoms with E-state index in [4.69, 9.17) is 21.1 Å². The fourth-order valence-electron chi connectivity index (χ4n) is 3.34. The first-order chi connectivity index (χ1) is 15.3. The van der Waals surface area contributed by atoms with Gasteiger partial charge < -0.3 is 20.1 Å². The summed E-state index contributed by atoms with van der Waals surface area (Å²) in [6.07, 6.45) is 0.973. The van der Waals surface area contributed by atoms with Gasteiger partial charge in [-0.15, -0.1) is 0 Å². The minimum Gasteiger partial charge on any atom is -0.489 e. The lowest BCUT2D eigenvalue weighted by molar-refractivity contribution is -0.123. The first kappa shape index (κ1) is 21.8. The van der Waals surface area contributed by atoms with Crippen LogP contribution in [0.4, 0.5) is 8.78 Å². The van der Waals surface area contributed by atoms with E-state index in [9.17, 15) is 23.6 Å². The zero-order valence-electron chi connectivity index (χ0n) is 16.7. The Morgan fingerprint density at radius 2 is 1.88 bits per heavy atom. The molecule has 2 N–H and O–H groups in total. The number of fused-ring (bicyclic) bond motifs is 8. The van der Waals surface area contributed by atoms with Crippen LogP contribution in [0.1, 0.15) is 28.8 Å². The molecule has 1 atom stereocenters. The molecule has 1 aliphatic carbocycles. The number of benzene rings is 2. The van der Waals surface area contributed by atoms with Crippen LogP contribution in [-0.4, -0.2) is 36.6 Å². The van der Waals surface area contributed by atoms with Crippen molar-refractivity contribution in [2.45, 2.75) is 30.8 Å². The number of carbonyl (C=O) groups is 2. The minimum atomic E-state index is -1.39. The van der Waals surface area contributed by atoms with Crippen molar-refractivity contribution in [1.82, 2.24) is 10.6 Å². The van der Waals surface area contributed by atoms with Crippen molar-refractivity contribution >= 4 is 23.4 Å². The third-order valence-electron chi connectivity index (χ3n) is 5.27. The number of halogens is 3. The van der Waals surface area contributed by atoms with E-state index in [0.29, 0.717) is 29.2 Å². The predicted molar refractivity (Wildman–Crippen MR) is 109 cm³/mol. The Morgan fingerprint density at radius 3 is 2.53 bits per heavy atom. The number of hydrogen-bond acceptors (Lipinski definition) is 5. The van der Waals surface area contributed by atoms with Crippen LogP contribution < -0.4 is 20.1 Å². The maximum atomic E-state index is 14.5. The van der Waals surface area contributed by atoms with Gasteiger partial charge in [0, 0.05) is 6.42 Å². The second-order valence-electron chi connectivity index (χ2n) is 7.61. The zero-order valence-corrected chi connectivity index (χ0v) is 17.5. The van der Waals surface area contributed by atoms with Crippen molar-refractivity contribution in [2.24, 2.45) is 0 Å². The van der Waals surface area contributed by atoms with Gasteiger partial charge in [0.05, 0.1) is 11.1 Å². The van der Waals surface area contributed by atoms with Gasteiger partial charge in [0.15, 0.2) is 11.6 Å². The van der Waals surface area contributed by atoms with Crippen LogP contribution in [0, 0.1) is 23.0 Å². The van der Waals surface area contributed by atoms with Gasteiger partial charge in [-0.05, 0) is 42.7 Å². The fraction of sp³-hybridized carbons (Fsp3) is 0.318. The van der Waals surface area contributed by atoms with Crippen LogP contribution in [0.25, 0.3) is 0 Å². The number of carbonyl (C=O) groups excluding carboxylic acids is 2. The summed E-state index contributed by atoms with van der Waals surface area (Å²) in [5, 5.41) is 14.7. The molecule has 7 nitrogen and oxygen atoms in total. The molecule has 5 rings (SSSR count). The van der Waals surface area contributed by atoms with Gasteiger partial charge in [0.25, 0.3) is 5.91 Å². The topological polar surface area (TPSA) is 100 Å². The van der Waals surface area contributed by atoms with Gasteiger partial charge in [0.1, 0.15) is 41.9 Å². The molecular formula is C22H18ClF2N3O4. The molecule has 0 aromatic heterocycles.